The van der Waals surface area contributed by atoms with Gasteiger partial charge in [0.1, 0.15) is 11.6 Å². The normalized spacial score (nSPS) is 13.4. The number of rotatable bonds is 3. The van der Waals surface area contributed by atoms with Crippen LogP contribution in [-0.4, -0.2) is 16.9 Å². The van der Waals surface area contributed by atoms with Crippen LogP contribution >= 0.6 is 15.9 Å². The Morgan fingerprint density at radius 3 is 2.70 bits per heavy atom. The van der Waals surface area contributed by atoms with Crippen molar-refractivity contribution in [2.24, 2.45) is 5.73 Å². The van der Waals surface area contributed by atoms with Gasteiger partial charge in [-0.1, -0.05) is 0 Å². The Balaban J connectivity index is 2.44. The lowest BCUT2D eigenvalue weighted by molar-refractivity contribution is -0.137. The highest BCUT2D eigenvalue weighted by atomic mass is 79.9. The number of oxazole rings is 1. The maximum atomic E-state index is 12.7. The molecule has 9 heteroatoms. The molecular weight excluding hydrogens is 343 g/mol. The SMILES string of the molecule is C[C@H](Nc1nc2cc(C(F)(F)F)cc(Br)c2o1)C(N)=O. The van der Waals surface area contributed by atoms with E-state index in [-0.39, 0.29) is 21.6 Å². The molecule has 0 aliphatic carbocycles. The van der Waals surface area contributed by atoms with Crippen molar-refractivity contribution < 1.29 is 22.4 Å². The van der Waals surface area contributed by atoms with E-state index in [0.717, 1.165) is 12.1 Å². The summed E-state index contributed by atoms with van der Waals surface area (Å²) in [6.45, 7) is 1.48. The number of carbonyl (C=O) groups is 1. The van der Waals surface area contributed by atoms with Crippen molar-refractivity contribution in [2.75, 3.05) is 5.32 Å². The van der Waals surface area contributed by atoms with Crippen LogP contribution < -0.4 is 11.1 Å². The third-order valence-electron chi connectivity index (χ3n) is 2.54. The van der Waals surface area contributed by atoms with Gasteiger partial charge in [-0.05, 0) is 35.0 Å². The number of benzene rings is 1. The van der Waals surface area contributed by atoms with Gasteiger partial charge >= 0.3 is 6.18 Å². The maximum absolute atomic E-state index is 12.7. The van der Waals surface area contributed by atoms with Crippen molar-refractivity contribution in [3.05, 3.63) is 22.2 Å². The van der Waals surface area contributed by atoms with Crippen LogP contribution in [-0.2, 0) is 11.0 Å². The van der Waals surface area contributed by atoms with Gasteiger partial charge in [0, 0.05) is 0 Å². The molecule has 5 nitrogen and oxygen atoms in total. The summed E-state index contributed by atoms with van der Waals surface area (Å²) in [6, 6.07) is 0.925. The van der Waals surface area contributed by atoms with Crippen LogP contribution in [0.2, 0.25) is 0 Å². The second-order valence-corrected chi connectivity index (χ2v) is 4.95. The van der Waals surface area contributed by atoms with E-state index in [1.54, 1.807) is 0 Å². The molecule has 0 saturated heterocycles. The van der Waals surface area contributed by atoms with Gasteiger partial charge in [-0.3, -0.25) is 4.79 Å². The van der Waals surface area contributed by atoms with Gasteiger partial charge in [-0.2, -0.15) is 18.2 Å². The monoisotopic (exact) mass is 351 g/mol. The molecule has 20 heavy (non-hydrogen) atoms. The minimum absolute atomic E-state index is 0.0193. The fourth-order valence-corrected chi connectivity index (χ4v) is 2.00. The Bertz CT molecular complexity index is 669. The summed E-state index contributed by atoms with van der Waals surface area (Å²) in [5, 5.41) is 2.56. The Morgan fingerprint density at radius 1 is 1.50 bits per heavy atom. The summed E-state index contributed by atoms with van der Waals surface area (Å²) in [7, 11) is 0. The van der Waals surface area contributed by atoms with Crippen molar-refractivity contribution in [2.45, 2.75) is 19.1 Å². The number of nitrogens with two attached hydrogens (primary N) is 1. The summed E-state index contributed by atoms with van der Waals surface area (Å²) in [4.78, 5) is 14.8. The van der Waals surface area contributed by atoms with Gasteiger partial charge in [0.15, 0.2) is 5.58 Å². The van der Waals surface area contributed by atoms with Crippen molar-refractivity contribution >= 4 is 39.0 Å². The molecule has 0 saturated carbocycles. The summed E-state index contributed by atoms with van der Waals surface area (Å²) in [5.74, 6) is -0.637. The molecule has 0 aliphatic rings. The highest BCUT2D eigenvalue weighted by Gasteiger charge is 2.32. The van der Waals surface area contributed by atoms with Crippen LogP contribution in [0, 0.1) is 0 Å². The van der Waals surface area contributed by atoms with E-state index in [2.05, 4.69) is 26.2 Å². The first-order valence-corrected chi connectivity index (χ1v) is 6.21. The molecule has 1 aromatic heterocycles. The van der Waals surface area contributed by atoms with Gasteiger partial charge in [0.05, 0.1) is 10.0 Å². The first-order valence-electron chi connectivity index (χ1n) is 5.41. The minimum atomic E-state index is -4.48. The number of hydrogen-bond acceptors (Lipinski definition) is 4. The molecule has 1 aromatic carbocycles. The number of primary amides is 1. The smallest absolute Gasteiger partial charge is 0.416 e. The topological polar surface area (TPSA) is 81.2 Å². The van der Waals surface area contributed by atoms with Crippen molar-refractivity contribution in [1.82, 2.24) is 4.98 Å². The van der Waals surface area contributed by atoms with Crippen LogP contribution in [0.1, 0.15) is 12.5 Å². The van der Waals surface area contributed by atoms with E-state index in [9.17, 15) is 18.0 Å². The lowest BCUT2D eigenvalue weighted by atomic mass is 10.2. The van der Waals surface area contributed by atoms with Crippen molar-refractivity contribution in [3.63, 3.8) is 0 Å². The molecule has 108 valence electrons. The number of carbonyl (C=O) groups excluding carboxylic acids is 1. The fourth-order valence-electron chi connectivity index (χ4n) is 1.47. The van der Waals surface area contributed by atoms with Crippen LogP contribution in [0.25, 0.3) is 11.1 Å². The van der Waals surface area contributed by atoms with E-state index in [0.29, 0.717) is 0 Å². The Kier molecular flexibility index (Phi) is 3.63. The number of aromatic nitrogens is 1. The standard InChI is InChI=1S/C11H9BrF3N3O2/c1-4(9(16)19)17-10-18-7-3-5(11(13,14)15)2-6(12)8(7)20-10/h2-4H,1H3,(H2,16,19)(H,17,18)/t4-/m0/s1. The molecule has 2 rings (SSSR count). The number of hydrogen-bond donors (Lipinski definition) is 2. The van der Waals surface area contributed by atoms with E-state index in [4.69, 9.17) is 10.2 Å². The average molecular weight is 352 g/mol. The van der Waals surface area contributed by atoms with Crippen molar-refractivity contribution in [1.29, 1.82) is 0 Å². The predicted octanol–water partition coefficient (Wildman–Crippen LogP) is 2.89. The maximum Gasteiger partial charge on any atom is 0.416 e. The number of alkyl halides is 3. The lowest BCUT2D eigenvalue weighted by Gasteiger charge is -2.06. The molecule has 0 radical (unpaired) electrons. The lowest BCUT2D eigenvalue weighted by Crippen LogP contribution is -2.32. The summed E-state index contributed by atoms with van der Waals surface area (Å²) >= 11 is 3.00. The van der Waals surface area contributed by atoms with E-state index in [1.807, 2.05) is 0 Å². The third kappa shape index (κ3) is 2.87. The average Bonchev–Trinajstić information content (AvgIpc) is 2.70. The van der Waals surface area contributed by atoms with Crippen molar-refractivity contribution in [3.8, 4) is 0 Å². The predicted molar refractivity (Wildman–Crippen MR) is 69.0 cm³/mol. The fraction of sp³-hybridized carbons (Fsp3) is 0.273. The largest absolute Gasteiger partial charge is 0.422 e. The second-order valence-electron chi connectivity index (χ2n) is 4.09. The molecule has 1 amide bonds. The van der Waals surface area contributed by atoms with Gasteiger partial charge in [0.2, 0.25) is 5.91 Å². The second kappa shape index (κ2) is 4.97. The molecule has 0 unspecified atom stereocenters. The van der Waals surface area contributed by atoms with Gasteiger partial charge in [0.25, 0.3) is 6.01 Å². The molecular formula is C11H9BrF3N3O2. The summed E-state index contributed by atoms with van der Waals surface area (Å²) in [5.41, 5.74) is 4.38. The molecule has 1 atom stereocenters. The van der Waals surface area contributed by atoms with Crippen LogP contribution in [0.3, 0.4) is 0 Å². The van der Waals surface area contributed by atoms with Crippen LogP contribution in [0.5, 0.6) is 0 Å². The molecule has 2 aromatic rings. The highest BCUT2D eigenvalue weighted by Crippen LogP contribution is 2.36. The molecule has 0 bridgehead atoms. The summed E-state index contributed by atoms with van der Waals surface area (Å²) in [6.07, 6.45) is -4.48. The number of nitrogens with one attached hydrogen (secondary N) is 1. The van der Waals surface area contributed by atoms with E-state index < -0.39 is 23.7 Å². The molecule has 0 fully saturated rings. The Morgan fingerprint density at radius 2 is 2.15 bits per heavy atom. The van der Waals surface area contributed by atoms with Gasteiger partial charge in [-0.25, -0.2) is 0 Å². The number of nitrogens with zero attached hydrogens (tertiary/aromatic N) is 1. The third-order valence-corrected chi connectivity index (χ3v) is 3.13. The zero-order chi connectivity index (χ0) is 15.1. The zero-order valence-corrected chi connectivity index (χ0v) is 11.7. The Hall–Kier alpha value is -1.77. The summed E-state index contributed by atoms with van der Waals surface area (Å²) < 4.78 is 43.4. The van der Waals surface area contributed by atoms with E-state index >= 15 is 0 Å². The van der Waals surface area contributed by atoms with Crippen LogP contribution in [0.15, 0.2) is 21.0 Å². The minimum Gasteiger partial charge on any atom is -0.422 e. The number of amides is 1. The quantitative estimate of drug-likeness (QED) is 0.890. The van der Waals surface area contributed by atoms with Gasteiger partial charge < -0.3 is 15.5 Å². The molecule has 1 heterocycles. The molecule has 0 aliphatic heterocycles. The Labute approximate surface area is 119 Å². The van der Waals surface area contributed by atoms with Crippen LogP contribution in [0.4, 0.5) is 19.2 Å². The first-order chi connectivity index (χ1) is 9.18. The highest BCUT2D eigenvalue weighted by molar-refractivity contribution is 9.10. The molecule has 3 N–H and O–H groups in total. The van der Waals surface area contributed by atoms with Gasteiger partial charge in [-0.15, -0.1) is 0 Å². The van der Waals surface area contributed by atoms with E-state index in [1.165, 1.54) is 6.92 Å². The number of halogens is 4. The molecule has 0 spiro atoms. The first kappa shape index (κ1) is 14.6. The zero-order valence-electron chi connectivity index (χ0n) is 10.1. The number of fused-ring (bicyclic) bond motifs is 1. The number of anilines is 1.